The Labute approximate surface area is 358 Å². The van der Waals surface area contributed by atoms with Crippen molar-refractivity contribution in [2.45, 2.75) is 82.7 Å². The molecule has 4 aromatic rings. The highest BCUT2D eigenvalue weighted by atomic mass is 35.5. The largest absolute Gasteiger partial charge is 0.490 e. The van der Waals surface area contributed by atoms with Crippen molar-refractivity contribution >= 4 is 64.2 Å². The summed E-state index contributed by atoms with van der Waals surface area (Å²) < 4.78 is 16.6. The molecule has 5 rings (SSSR count). The highest BCUT2D eigenvalue weighted by Crippen LogP contribution is 2.45. The Kier molecular flexibility index (Phi) is 16.0. The van der Waals surface area contributed by atoms with E-state index in [1.165, 1.54) is 23.1 Å². The Balaban J connectivity index is 1.23. The first-order chi connectivity index (χ1) is 28.2. The number of nitrogens with one attached hydrogen (secondary N) is 2. The number of thioether (sulfide) groups is 1. The fourth-order valence-corrected chi connectivity index (χ4v) is 8.12. The van der Waals surface area contributed by atoms with Crippen molar-refractivity contribution < 1.29 is 28.6 Å². The molecule has 0 unspecified atom stereocenters. The van der Waals surface area contributed by atoms with Crippen LogP contribution in [0.3, 0.4) is 0 Å². The number of amides is 2. The highest BCUT2D eigenvalue weighted by Gasteiger charge is 2.27. The number of esters is 1. The van der Waals surface area contributed by atoms with Gasteiger partial charge in [0.2, 0.25) is 11.6 Å². The summed E-state index contributed by atoms with van der Waals surface area (Å²) in [5.41, 5.74) is 3.00. The number of hydrogen-bond donors (Lipinski definition) is 2. The molecule has 2 aromatic carbocycles. The van der Waals surface area contributed by atoms with Gasteiger partial charge in [0.05, 0.1) is 17.8 Å². The van der Waals surface area contributed by atoms with Crippen molar-refractivity contribution in [1.29, 1.82) is 5.26 Å². The van der Waals surface area contributed by atoms with Crippen LogP contribution in [0.25, 0.3) is 26.5 Å². The van der Waals surface area contributed by atoms with Crippen molar-refractivity contribution in [3.8, 4) is 33.5 Å². The number of carbonyl (C=O) groups excluding carboxylic acids is 3. The minimum atomic E-state index is -0.864. The van der Waals surface area contributed by atoms with Crippen LogP contribution in [0.1, 0.15) is 71.6 Å². The number of anilines is 1. The van der Waals surface area contributed by atoms with E-state index in [4.69, 9.17) is 42.4 Å². The maximum Gasteiger partial charge on any atom is 0.407 e. The lowest BCUT2D eigenvalue weighted by molar-refractivity contribution is -0.149. The Morgan fingerprint density at radius 3 is 2.39 bits per heavy atom. The van der Waals surface area contributed by atoms with Gasteiger partial charge in [-0.3, -0.25) is 4.79 Å². The quantitative estimate of drug-likeness (QED) is 0.0451. The Hall–Kier alpha value is -5.35. The lowest BCUT2D eigenvalue weighted by atomic mass is 9.99. The van der Waals surface area contributed by atoms with Crippen LogP contribution >= 0.6 is 34.7 Å². The van der Waals surface area contributed by atoms with Crippen molar-refractivity contribution in [1.82, 2.24) is 20.6 Å². The molecule has 1 saturated heterocycles. The summed E-state index contributed by atoms with van der Waals surface area (Å²) in [5, 5.41) is 19.8. The van der Waals surface area contributed by atoms with Gasteiger partial charge in [0.1, 0.15) is 52.5 Å². The van der Waals surface area contributed by atoms with E-state index < -0.39 is 29.6 Å². The number of alkyl carbamates (subject to hydrolysis) is 1. The minimum Gasteiger partial charge on any atom is -0.490 e. The normalized spacial score (nSPS) is 13.0. The summed E-state index contributed by atoms with van der Waals surface area (Å²) in [4.78, 5) is 53.3. The maximum atomic E-state index is 13.0. The zero-order valence-electron chi connectivity index (χ0n) is 33.8. The Morgan fingerprint density at radius 2 is 1.75 bits per heavy atom. The van der Waals surface area contributed by atoms with Gasteiger partial charge in [0, 0.05) is 53.3 Å². The zero-order chi connectivity index (χ0) is 42.5. The summed E-state index contributed by atoms with van der Waals surface area (Å²) in [6.07, 6.45) is 1.69. The number of ether oxygens (including phenoxy) is 3. The molecule has 2 aromatic heterocycles. The topological polar surface area (TPSA) is 160 Å². The Bertz CT molecular complexity index is 2170. The van der Waals surface area contributed by atoms with Crippen LogP contribution in [0.5, 0.6) is 5.75 Å². The molecule has 0 radical (unpaired) electrons. The van der Waals surface area contributed by atoms with Gasteiger partial charge >= 0.3 is 12.1 Å². The molecular formula is C43H48ClN7O6S2. The second kappa shape index (κ2) is 21.1. The second-order valence-corrected chi connectivity index (χ2v) is 17.4. The van der Waals surface area contributed by atoms with E-state index in [-0.39, 0.29) is 32.1 Å². The molecule has 0 spiro atoms. The monoisotopic (exact) mass is 857 g/mol. The van der Waals surface area contributed by atoms with Gasteiger partial charge in [-0.25, -0.2) is 24.4 Å². The molecule has 13 nitrogen and oxygen atoms in total. The lowest BCUT2D eigenvalue weighted by Crippen LogP contribution is -2.44. The van der Waals surface area contributed by atoms with E-state index in [1.54, 1.807) is 45.0 Å². The van der Waals surface area contributed by atoms with Gasteiger partial charge in [-0.15, -0.1) is 11.3 Å². The van der Waals surface area contributed by atoms with Crippen molar-refractivity contribution in [2.75, 3.05) is 37.7 Å². The van der Waals surface area contributed by atoms with Crippen LogP contribution in [0, 0.1) is 23.8 Å². The average Bonchev–Trinajstić information content (AvgIpc) is 3.91. The van der Waals surface area contributed by atoms with Crippen LogP contribution in [0.4, 0.5) is 16.3 Å². The molecule has 1 aliphatic heterocycles. The van der Waals surface area contributed by atoms with Gasteiger partial charge in [0.25, 0.3) is 0 Å². The van der Waals surface area contributed by atoms with Crippen LogP contribution in [-0.2, 0) is 24.8 Å². The number of aromatic nitrogens is 2. The average molecular weight is 858 g/mol. The number of rotatable bonds is 17. The number of benzene rings is 2. The van der Waals surface area contributed by atoms with Crippen molar-refractivity contribution in [3.05, 3.63) is 81.6 Å². The van der Waals surface area contributed by atoms with Crippen LogP contribution < -0.4 is 20.3 Å². The molecule has 3 heterocycles. The number of pyridine rings is 1. The molecular weight excluding hydrogens is 810 g/mol. The Morgan fingerprint density at radius 1 is 1.05 bits per heavy atom. The summed E-state index contributed by atoms with van der Waals surface area (Å²) in [6, 6.07) is 16.1. The van der Waals surface area contributed by atoms with Crippen LogP contribution in [-0.4, -0.2) is 72.4 Å². The molecule has 310 valence electrons. The van der Waals surface area contributed by atoms with E-state index in [0.717, 1.165) is 42.2 Å². The molecule has 2 N–H and O–H groups in total. The van der Waals surface area contributed by atoms with E-state index in [2.05, 4.69) is 26.4 Å². The van der Waals surface area contributed by atoms with Gasteiger partial charge in [-0.1, -0.05) is 61.5 Å². The molecule has 2 amide bonds. The number of thiazole rings is 1. The third-order valence-corrected chi connectivity index (χ3v) is 11.0. The SMILES string of the molecule is [C-]#[N+]c1c(N2CCCC2)nc(SCc2csc(-c3ccc(Cl)cc3)n2)c(C#N)c1-c1ccc(OCCOC(=O)[C@H](CC(C)C)NC(=O)CCNC(=O)OC(C)(C)C)cc1. The summed E-state index contributed by atoms with van der Waals surface area (Å²) in [5.74, 6) is 0.662. The number of nitrogens with zero attached hydrogens (tertiary/aromatic N) is 5. The van der Waals surface area contributed by atoms with E-state index in [1.807, 2.05) is 43.5 Å². The van der Waals surface area contributed by atoms with Crippen molar-refractivity contribution in [3.63, 3.8) is 0 Å². The second-order valence-electron chi connectivity index (χ2n) is 15.2. The van der Waals surface area contributed by atoms with Gasteiger partial charge in [-0.2, -0.15) is 5.26 Å². The van der Waals surface area contributed by atoms with Crippen LogP contribution in [0.2, 0.25) is 5.02 Å². The smallest absolute Gasteiger partial charge is 0.407 e. The van der Waals surface area contributed by atoms with E-state index in [0.29, 0.717) is 56.2 Å². The van der Waals surface area contributed by atoms with E-state index in [9.17, 15) is 19.6 Å². The van der Waals surface area contributed by atoms with Gasteiger partial charge in [-0.05, 0) is 75.8 Å². The van der Waals surface area contributed by atoms with Crippen molar-refractivity contribution in [2.24, 2.45) is 5.92 Å². The molecule has 1 aliphatic rings. The van der Waals surface area contributed by atoms with Crippen LogP contribution in [0.15, 0.2) is 58.9 Å². The van der Waals surface area contributed by atoms with E-state index >= 15 is 0 Å². The highest BCUT2D eigenvalue weighted by molar-refractivity contribution is 7.98. The van der Waals surface area contributed by atoms with Gasteiger partial charge in [0.15, 0.2) is 0 Å². The first-order valence-electron chi connectivity index (χ1n) is 19.3. The number of hydrogen-bond acceptors (Lipinski definition) is 12. The first kappa shape index (κ1) is 44.7. The summed E-state index contributed by atoms with van der Waals surface area (Å²) in [6.45, 7) is 18.9. The molecule has 1 fully saturated rings. The summed E-state index contributed by atoms with van der Waals surface area (Å²) in [7, 11) is 0. The first-order valence-corrected chi connectivity index (χ1v) is 21.6. The van der Waals surface area contributed by atoms with Gasteiger partial charge < -0.3 is 29.7 Å². The molecule has 0 saturated carbocycles. The third kappa shape index (κ3) is 13.1. The molecule has 59 heavy (non-hydrogen) atoms. The molecule has 16 heteroatoms. The molecule has 1 atom stereocenters. The maximum absolute atomic E-state index is 13.0. The fourth-order valence-electron chi connectivity index (χ4n) is 6.19. The predicted octanol–water partition coefficient (Wildman–Crippen LogP) is 9.21. The predicted molar refractivity (Wildman–Crippen MR) is 231 cm³/mol. The lowest BCUT2D eigenvalue weighted by Gasteiger charge is -2.22. The molecule has 0 aliphatic carbocycles. The zero-order valence-corrected chi connectivity index (χ0v) is 36.2. The third-order valence-electron chi connectivity index (χ3n) is 8.84. The number of halogens is 1. The fraction of sp³-hybridized carbons (Fsp3) is 0.419. The summed E-state index contributed by atoms with van der Waals surface area (Å²) >= 11 is 9.03. The standard InChI is InChI=1S/C43H48ClN7O6S2/c1-27(2)23-34(49-35(52)17-18-47-42(54)57-43(3,4)5)41(53)56-22-21-55-32-15-11-28(12-16-32)36-33(24-45)40(50-38(37(36)46-6)51-19-7-8-20-51)59-26-31-25-58-39(48-31)29-9-13-30(44)14-10-29/h9-16,25,27,34H,7-8,17-23,26H2,1-5H3,(H,47,54)(H,49,52)/t34-/m0/s1. The molecule has 0 bridgehead atoms. The minimum absolute atomic E-state index is 0.0359. The number of carbonyl (C=O) groups is 3. The number of nitriles is 1.